The molecule has 3 aromatic rings. The minimum absolute atomic E-state index is 0.255. The zero-order valence-electron chi connectivity index (χ0n) is 14.5. The lowest BCUT2D eigenvalue weighted by atomic mass is 10.1. The van der Waals surface area contributed by atoms with Gasteiger partial charge in [-0.1, -0.05) is 24.3 Å². The van der Waals surface area contributed by atoms with Crippen LogP contribution in [0.4, 0.5) is 4.39 Å². The fraction of sp³-hybridized carbons (Fsp3) is 0.200. The Morgan fingerprint density at radius 1 is 1.04 bits per heavy atom. The van der Waals surface area contributed by atoms with Gasteiger partial charge in [-0.3, -0.25) is 15.0 Å². The van der Waals surface area contributed by atoms with Gasteiger partial charge in [-0.2, -0.15) is 0 Å². The van der Waals surface area contributed by atoms with E-state index < -0.39 is 11.8 Å². The van der Waals surface area contributed by atoms with Crippen molar-refractivity contribution in [3.8, 4) is 11.5 Å². The molecule has 0 aliphatic heterocycles. The van der Waals surface area contributed by atoms with E-state index in [4.69, 9.17) is 5.21 Å². The zero-order chi connectivity index (χ0) is 19.0. The molecule has 0 saturated heterocycles. The molecule has 2 heterocycles. The number of hydrogen-bond donors (Lipinski definition) is 2. The summed E-state index contributed by atoms with van der Waals surface area (Å²) in [7, 11) is 0. The first-order valence-corrected chi connectivity index (χ1v) is 8.53. The maximum absolute atomic E-state index is 14.2. The second-order valence-electron chi connectivity index (χ2n) is 6.64. The van der Waals surface area contributed by atoms with Crippen LogP contribution in [0.3, 0.4) is 0 Å². The lowest BCUT2D eigenvalue weighted by Gasteiger charge is -2.04. The lowest BCUT2D eigenvalue weighted by molar-refractivity contribution is -0.130. The molecule has 1 aliphatic carbocycles. The highest BCUT2D eigenvalue weighted by molar-refractivity contribution is 5.84. The van der Waals surface area contributed by atoms with Crippen molar-refractivity contribution in [3.63, 3.8) is 0 Å². The summed E-state index contributed by atoms with van der Waals surface area (Å²) in [4.78, 5) is 24.9. The molecule has 3 atom stereocenters. The Labute approximate surface area is 155 Å². The molecule has 0 bridgehead atoms. The molecule has 1 aromatic carbocycles. The summed E-state index contributed by atoms with van der Waals surface area (Å²) < 4.78 is 14.2. The van der Waals surface area contributed by atoms with E-state index >= 15 is 0 Å². The maximum atomic E-state index is 14.2. The Morgan fingerprint density at radius 2 is 1.78 bits per heavy atom. The van der Waals surface area contributed by atoms with Crippen molar-refractivity contribution in [2.45, 2.75) is 18.8 Å². The number of rotatable bonds is 4. The van der Waals surface area contributed by atoms with Crippen LogP contribution >= 0.6 is 0 Å². The Balaban J connectivity index is 1.64. The summed E-state index contributed by atoms with van der Waals surface area (Å²) in [6.07, 6.45) is 5.09. The maximum Gasteiger partial charge on any atom is 0.247 e. The highest BCUT2D eigenvalue weighted by atomic mass is 19.1. The first-order chi connectivity index (χ1) is 13.1. The van der Waals surface area contributed by atoms with Gasteiger partial charge in [0.1, 0.15) is 11.5 Å². The van der Waals surface area contributed by atoms with Crippen molar-refractivity contribution in [2.75, 3.05) is 0 Å². The van der Waals surface area contributed by atoms with Crippen LogP contribution in [0.2, 0.25) is 0 Å². The van der Waals surface area contributed by atoms with Gasteiger partial charge in [-0.15, -0.1) is 0 Å². The lowest BCUT2D eigenvalue weighted by Crippen LogP contribution is -2.21. The van der Waals surface area contributed by atoms with Gasteiger partial charge < -0.3 is 0 Å². The number of halogens is 1. The van der Waals surface area contributed by atoms with Crippen molar-refractivity contribution in [3.05, 3.63) is 77.5 Å². The fourth-order valence-electron chi connectivity index (χ4n) is 3.52. The Morgan fingerprint density at radius 3 is 2.41 bits per heavy atom. The number of carbonyl (C=O) groups excluding carboxylic acids is 1. The molecule has 136 valence electrons. The number of hydroxylamine groups is 1. The Bertz CT molecular complexity index is 976. The van der Waals surface area contributed by atoms with Crippen LogP contribution in [0.25, 0.3) is 11.5 Å². The third-order valence-electron chi connectivity index (χ3n) is 4.88. The van der Waals surface area contributed by atoms with E-state index in [0.717, 1.165) is 11.1 Å². The van der Waals surface area contributed by atoms with E-state index in [0.29, 0.717) is 17.1 Å². The average molecular weight is 364 g/mol. The number of nitrogens with zero attached hydrogens (tertiary/aromatic N) is 3. The smallest absolute Gasteiger partial charge is 0.247 e. The number of pyridine rings is 1. The first-order valence-electron chi connectivity index (χ1n) is 8.53. The topological polar surface area (TPSA) is 88.0 Å². The molecule has 0 radical (unpaired) electrons. The quantitative estimate of drug-likeness (QED) is 0.549. The first kappa shape index (κ1) is 17.2. The van der Waals surface area contributed by atoms with Crippen LogP contribution in [-0.2, 0) is 4.79 Å². The minimum Gasteiger partial charge on any atom is -0.289 e. The molecule has 7 heteroatoms. The minimum atomic E-state index is -0.546. The van der Waals surface area contributed by atoms with Crippen LogP contribution in [0.15, 0.2) is 55.0 Å². The van der Waals surface area contributed by atoms with Crippen molar-refractivity contribution in [2.24, 2.45) is 5.92 Å². The molecule has 1 amide bonds. The number of carbonyl (C=O) groups is 1. The third kappa shape index (κ3) is 3.17. The van der Waals surface area contributed by atoms with Gasteiger partial charge in [0, 0.05) is 30.4 Å². The summed E-state index contributed by atoms with van der Waals surface area (Å²) in [6, 6.07) is 10.0. The van der Waals surface area contributed by atoms with Crippen LogP contribution in [0.1, 0.15) is 28.5 Å². The second-order valence-corrected chi connectivity index (χ2v) is 6.64. The molecular formula is C20H17FN4O2. The number of hydrogen-bond acceptors (Lipinski definition) is 5. The molecule has 4 rings (SSSR count). The predicted octanol–water partition coefficient (Wildman–Crippen LogP) is 2.99. The van der Waals surface area contributed by atoms with E-state index in [9.17, 15) is 9.18 Å². The monoisotopic (exact) mass is 364 g/mol. The normalized spacial score (nSPS) is 20.9. The van der Waals surface area contributed by atoms with Crippen LogP contribution in [-0.4, -0.2) is 26.1 Å². The molecule has 0 unspecified atom stereocenters. The molecule has 1 saturated carbocycles. The zero-order valence-corrected chi connectivity index (χ0v) is 14.5. The molecule has 2 aromatic heterocycles. The summed E-state index contributed by atoms with van der Waals surface area (Å²) >= 11 is 0. The van der Waals surface area contributed by atoms with E-state index in [1.165, 1.54) is 6.07 Å². The Kier molecular flexibility index (Phi) is 4.37. The molecule has 2 N–H and O–H groups in total. The summed E-state index contributed by atoms with van der Waals surface area (Å²) in [5.74, 6) is -1.53. The van der Waals surface area contributed by atoms with Gasteiger partial charge in [0.15, 0.2) is 5.82 Å². The molecule has 1 aliphatic rings. The highest BCUT2D eigenvalue weighted by Crippen LogP contribution is 2.60. The summed E-state index contributed by atoms with van der Waals surface area (Å²) in [6.45, 7) is 1.91. The van der Waals surface area contributed by atoms with Crippen molar-refractivity contribution < 1.29 is 14.4 Å². The molecular weight excluding hydrogens is 347 g/mol. The van der Waals surface area contributed by atoms with Gasteiger partial charge >= 0.3 is 0 Å². The van der Waals surface area contributed by atoms with Crippen molar-refractivity contribution in [1.29, 1.82) is 0 Å². The number of amides is 1. The van der Waals surface area contributed by atoms with Crippen molar-refractivity contribution in [1.82, 2.24) is 20.4 Å². The molecule has 6 nitrogen and oxygen atoms in total. The van der Waals surface area contributed by atoms with E-state index in [1.807, 2.05) is 13.0 Å². The van der Waals surface area contributed by atoms with Crippen LogP contribution < -0.4 is 5.48 Å². The molecule has 27 heavy (non-hydrogen) atoms. The largest absolute Gasteiger partial charge is 0.289 e. The summed E-state index contributed by atoms with van der Waals surface area (Å²) in [5.41, 5.74) is 4.52. The fourth-order valence-corrected chi connectivity index (χ4v) is 3.52. The number of benzene rings is 1. The average Bonchev–Trinajstić information content (AvgIpc) is 3.44. The van der Waals surface area contributed by atoms with E-state index in [-0.39, 0.29) is 17.7 Å². The van der Waals surface area contributed by atoms with Gasteiger partial charge in [-0.05, 0) is 35.7 Å². The van der Waals surface area contributed by atoms with E-state index in [2.05, 4.69) is 15.0 Å². The highest BCUT2D eigenvalue weighted by Gasteiger charge is 2.57. The summed E-state index contributed by atoms with van der Waals surface area (Å²) in [5, 5.41) is 9.03. The van der Waals surface area contributed by atoms with Crippen molar-refractivity contribution >= 4 is 5.91 Å². The Hall–Kier alpha value is -3.19. The number of aryl methyl sites for hydroxylation is 1. The third-order valence-corrected chi connectivity index (χ3v) is 4.88. The van der Waals surface area contributed by atoms with Crippen LogP contribution in [0.5, 0.6) is 0 Å². The molecule has 1 fully saturated rings. The van der Waals surface area contributed by atoms with Gasteiger partial charge in [0.2, 0.25) is 5.91 Å². The van der Waals surface area contributed by atoms with Gasteiger partial charge in [-0.25, -0.2) is 19.8 Å². The number of aromatic nitrogens is 3. The second kappa shape index (κ2) is 6.85. The SMILES string of the molecule is Cc1cnc(-c2ccc([C@H]3[C@H](C(=O)NO)[C@@H]3c3ccccc3F)cn2)nc1. The van der Waals surface area contributed by atoms with Crippen LogP contribution in [0, 0.1) is 18.7 Å². The van der Waals surface area contributed by atoms with Gasteiger partial charge in [0.25, 0.3) is 0 Å². The standard InChI is InChI=1S/C20H17FN4O2/c1-11-8-23-19(24-9-11)15-7-6-12(10-22-15)16-17(18(16)20(26)25-27)13-4-2-3-5-14(13)21/h2-10,16-18,27H,1H3,(H,25,26)/t16-,17-,18+/m1/s1. The molecule has 0 spiro atoms. The predicted molar refractivity (Wildman–Crippen MR) is 95.3 cm³/mol. The van der Waals surface area contributed by atoms with Gasteiger partial charge in [0.05, 0.1) is 5.92 Å². The number of nitrogens with one attached hydrogen (secondary N) is 1. The van der Waals surface area contributed by atoms with E-state index in [1.54, 1.807) is 48.3 Å².